The Bertz CT molecular complexity index is 771. The second-order valence-electron chi connectivity index (χ2n) is 5.47. The number of benzene rings is 2. The highest BCUT2D eigenvalue weighted by atomic mass is 16.5. The molecule has 2 aromatic rings. The molecule has 3 rings (SSSR count). The molecule has 0 aliphatic carbocycles. The summed E-state index contributed by atoms with van der Waals surface area (Å²) in [6.07, 6.45) is 1.96. The lowest BCUT2D eigenvalue weighted by atomic mass is 10.1. The van der Waals surface area contributed by atoms with Crippen LogP contribution in [0, 0.1) is 0 Å². The predicted molar refractivity (Wildman–Crippen MR) is 93.3 cm³/mol. The third-order valence-electron chi connectivity index (χ3n) is 3.70. The number of carbonyl (C=O) groups is 2. The Labute approximate surface area is 140 Å². The number of rotatable bonds is 5. The van der Waals surface area contributed by atoms with E-state index in [0.29, 0.717) is 30.1 Å². The molecule has 0 spiro atoms. The number of amides is 2. The van der Waals surface area contributed by atoms with E-state index in [1.807, 2.05) is 30.3 Å². The van der Waals surface area contributed by atoms with E-state index >= 15 is 0 Å². The van der Waals surface area contributed by atoms with Gasteiger partial charge in [-0.25, -0.2) is 0 Å². The van der Waals surface area contributed by atoms with Crippen LogP contribution in [0.25, 0.3) is 0 Å². The number of hydrogen-bond donors (Lipinski definition) is 1. The van der Waals surface area contributed by atoms with Crippen LogP contribution in [0.15, 0.2) is 61.2 Å². The van der Waals surface area contributed by atoms with Gasteiger partial charge in [-0.15, -0.1) is 6.58 Å². The van der Waals surface area contributed by atoms with Gasteiger partial charge in [0.15, 0.2) is 6.61 Å². The first-order valence-corrected chi connectivity index (χ1v) is 7.69. The van der Waals surface area contributed by atoms with Gasteiger partial charge in [0, 0.05) is 12.2 Å². The summed E-state index contributed by atoms with van der Waals surface area (Å²) in [6.45, 7) is 4.09. The summed E-state index contributed by atoms with van der Waals surface area (Å²) in [5, 5.41) is 2.86. The number of ether oxygens (including phenoxy) is 1. The van der Waals surface area contributed by atoms with Gasteiger partial charge in [-0.1, -0.05) is 36.4 Å². The third kappa shape index (κ3) is 3.46. The highest BCUT2D eigenvalue weighted by molar-refractivity contribution is 6.00. The molecule has 0 atom stereocenters. The second-order valence-corrected chi connectivity index (χ2v) is 5.47. The summed E-state index contributed by atoms with van der Waals surface area (Å²) in [5.41, 5.74) is 2.21. The minimum absolute atomic E-state index is 0.0144. The summed E-state index contributed by atoms with van der Waals surface area (Å²) in [4.78, 5) is 25.8. The highest BCUT2D eigenvalue weighted by Crippen LogP contribution is 2.34. The fraction of sp³-hybridized carbons (Fsp3) is 0.158. The number of fused-ring (bicyclic) bond motifs is 1. The number of carbonyl (C=O) groups excluding carboxylic acids is 2. The van der Waals surface area contributed by atoms with Crippen LogP contribution in [0.3, 0.4) is 0 Å². The fourth-order valence-electron chi connectivity index (χ4n) is 2.60. The van der Waals surface area contributed by atoms with Crippen LogP contribution in [0.5, 0.6) is 5.75 Å². The van der Waals surface area contributed by atoms with Gasteiger partial charge in [-0.2, -0.15) is 0 Å². The molecule has 0 bridgehead atoms. The van der Waals surface area contributed by atoms with Crippen molar-refractivity contribution in [2.75, 3.05) is 23.4 Å². The maximum absolute atomic E-state index is 12.2. The molecule has 5 heteroatoms. The summed E-state index contributed by atoms with van der Waals surface area (Å²) < 4.78 is 5.43. The molecule has 0 saturated heterocycles. The van der Waals surface area contributed by atoms with E-state index in [1.165, 1.54) is 0 Å². The van der Waals surface area contributed by atoms with Crippen molar-refractivity contribution in [3.8, 4) is 5.75 Å². The van der Waals surface area contributed by atoms with Crippen molar-refractivity contribution in [1.29, 1.82) is 0 Å². The van der Waals surface area contributed by atoms with Crippen molar-refractivity contribution in [1.82, 2.24) is 0 Å². The van der Waals surface area contributed by atoms with Gasteiger partial charge >= 0.3 is 0 Å². The normalized spacial score (nSPS) is 13.0. The van der Waals surface area contributed by atoms with Crippen LogP contribution in [0.1, 0.15) is 5.56 Å². The number of nitrogens with zero attached hydrogens (tertiary/aromatic N) is 1. The molecule has 2 aromatic carbocycles. The Balaban J connectivity index is 1.76. The highest BCUT2D eigenvalue weighted by Gasteiger charge is 2.24. The van der Waals surface area contributed by atoms with E-state index in [4.69, 9.17) is 4.74 Å². The molecular formula is C19H18N2O3. The monoisotopic (exact) mass is 322 g/mol. The molecular weight excluding hydrogens is 304 g/mol. The predicted octanol–water partition coefficient (Wildman–Crippen LogP) is 2.78. The molecule has 1 aliphatic rings. The van der Waals surface area contributed by atoms with Gasteiger partial charge in [0.2, 0.25) is 5.91 Å². The van der Waals surface area contributed by atoms with E-state index in [1.54, 1.807) is 29.2 Å². The van der Waals surface area contributed by atoms with Gasteiger partial charge in [0.1, 0.15) is 5.75 Å². The lowest BCUT2D eigenvalue weighted by Gasteiger charge is -2.28. The zero-order valence-corrected chi connectivity index (χ0v) is 13.2. The Morgan fingerprint density at radius 3 is 2.79 bits per heavy atom. The van der Waals surface area contributed by atoms with Gasteiger partial charge in [0.25, 0.3) is 5.91 Å². The van der Waals surface area contributed by atoms with Crippen molar-refractivity contribution >= 4 is 23.2 Å². The molecule has 122 valence electrons. The standard InChI is InChI=1S/C19H18N2O3/c1-2-10-21-16-12-15(8-9-17(16)24-13-19(21)23)20-18(22)11-14-6-4-3-5-7-14/h2-9,12H,1,10-11,13H2,(H,20,22). The lowest BCUT2D eigenvalue weighted by molar-refractivity contribution is -0.121. The van der Waals surface area contributed by atoms with Crippen molar-refractivity contribution in [3.63, 3.8) is 0 Å². The molecule has 5 nitrogen and oxygen atoms in total. The van der Waals surface area contributed by atoms with Crippen molar-refractivity contribution in [3.05, 3.63) is 66.7 Å². The SMILES string of the molecule is C=CCN1C(=O)COc2ccc(NC(=O)Cc3ccccc3)cc21. The Hall–Kier alpha value is -3.08. The summed E-state index contributed by atoms with van der Waals surface area (Å²) in [7, 11) is 0. The molecule has 0 radical (unpaired) electrons. The maximum Gasteiger partial charge on any atom is 0.265 e. The van der Waals surface area contributed by atoms with Crippen LogP contribution in [-0.2, 0) is 16.0 Å². The first-order chi connectivity index (χ1) is 11.7. The zero-order valence-electron chi connectivity index (χ0n) is 13.2. The number of hydrogen-bond acceptors (Lipinski definition) is 3. The molecule has 24 heavy (non-hydrogen) atoms. The molecule has 0 unspecified atom stereocenters. The molecule has 1 aliphatic heterocycles. The quantitative estimate of drug-likeness (QED) is 0.861. The molecule has 0 fully saturated rings. The minimum atomic E-state index is -0.129. The Kier molecular flexibility index (Phi) is 4.61. The molecule has 0 saturated carbocycles. The van der Waals surface area contributed by atoms with E-state index in [-0.39, 0.29) is 18.4 Å². The molecule has 1 heterocycles. The van der Waals surface area contributed by atoms with Crippen LogP contribution in [-0.4, -0.2) is 25.0 Å². The summed E-state index contributed by atoms with van der Waals surface area (Å²) >= 11 is 0. The van der Waals surface area contributed by atoms with E-state index in [2.05, 4.69) is 11.9 Å². The smallest absolute Gasteiger partial charge is 0.265 e. The van der Waals surface area contributed by atoms with Crippen molar-refractivity contribution in [2.24, 2.45) is 0 Å². The Morgan fingerprint density at radius 2 is 2.04 bits per heavy atom. The topological polar surface area (TPSA) is 58.6 Å². The van der Waals surface area contributed by atoms with Crippen molar-refractivity contribution < 1.29 is 14.3 Å². The van der Waals surface area contributed by atoms with Crippen LogP contribution in [0.2, 0.25) is 0 Å². The molecule has 1 N–H and O–H groups in total. The minimum Gasteiger partial charge on any atom is -0.482 e. The van der Waals surface area contributed by atoms with Gasteiger partial charge in [-0.3, -0.25) is 9.59 Å². The van der Waals surface area contributed by atoms with Crippen LogP contribution in [0.4, 0.5) is 11.4 Å². The number of anilines is 2. The average Bonchev–Trinajstić information content (AvgIpc) is 2.58. The van der Waals surface area contributed by atoms with Gasteiger partial charge in [-0.05, 0) is 23.8 Å². The lowest BCUT2D eigenvalue weighted by Crippen LogP contribution is -2.38. The van der Waals surface area contributed by atoms with Crippen LogP contribution >= 0.6 is 0 Å². The van der Waals surface area contributed by atoms with E-state index in [0.717, 1.165) is 5.56 Å². The van der Waals surface area contributed by atoms with Crippen LogP contribution < -0.4 is 15.0 Å². The zero-order chi connectivity index (χ0) is 16.9. The van der Waals surface area contributed by atoms with Gasteiger partial charge in [0.05, 0.1) is 12.1 Å². The largest absolute Gasteiger partial charge is 0.482 e. The van der Waals surface area contributed by atoms with E-state index < -0.39 is 0 Å². The van der Waals surface area contributed by atoms with Crippen molar-refractivity contribution in [2.45, 2.75) is 6.42 Å². The summed E-state index contributed by atoms with van der Waals surface area (Å²) in [6, 6.07) is 14.8. The first-order valence-electron chi connectivity index (χ1n) is 7.69. The number of nitrogens with one attached hydrogen (secondary N) is 1. The molecule has 2 amide bonds. The second kappa shape index (κ2) is 7.00. The fourth-order valence-corrected chi connectivity index (χ4v) is 2.60. The van der Waals surface area contributed by atoms with Gasteiger partial charge < -0.3 is 15.0 Å². The third-order valence-corrected chi connectivity index (χ3v) is 3.70. The first kappa shape index (κ1) is 15.8. The maximum atomic E-state index is 12.2. The average molecular weight is 322 g/mol. The molecule has 0 aromatic heterocycles. The Morgan fingerprint density at radius 1 is 1.25 bits per heavy atom. The van der Waals surface area contributed by atoms with E-state index in [9.17, 15) is 9.59 Å². The summed E-state index contributed by atoms with van der Waals surface area (Å²) in [5.74, 6) is 0.382.